The van der Waals surface area contributed by atoms with Gasteiger partial charge in [-0.1, -0.05) is 113 Å². The van der Waals surface area contributed by atoms with Crippen LogP contribution in [0.1, 0.15) is 82.8 Å². The lowest BCUT2D eigenvalue weighted by Gasteiger charge is -2.26. The summed E-state index contributed by atoms with van der Waals surface area (Å²) in [5.41, 5.74) is 2.21. The van der Waals surface area contributed by atoms with Crippen LogP contribution in [0.25, 0.3) is 0 Å². The van der Waals surface area contributed by atoms with E-state index in [-0.39, 0.29) is 18.2 Å². The minimum Gasteiger partial charge on any atom is -0.338 e. The molecule has 0 radical (unpaired) electrons. The third-order valence-electron chi connectivity index (χ3n) is 6.00. The van der Waals surface area contributed by atoms with Crippen LogP contribution in [-0.4, -0.2) is 34.7 Å². The first-order valence-corrected chi connectivity index (χ1v) is 12.8. The van der Waals surface area contributed by atoms with Gasteiger partial charge >= 0.3 is 0 Å². The Morgan fingerprint density at radius 2 is 0.970 bits per heavy atom. The average molecular weight is 451 g/mol. The SMILES string of the molecule is CCCCCCN(Cc1ccccc1)C(=O)CC(=O)N(CCCCCC)Cc1ccccc1. The molecule has 0 heterocycles. The summed E-state index contributed by atoms with van der Waals surface area (Å²) in [4.78, 5) is 30.2. The van der Waals surface area contributed by atoms with Gasteiger partial charge in [-0.05, 0) is 24.0 Å². The minimum absolute atomic E-state index is 0.0543. The first-order chi connectivity index (χ1) is 16.1. The van der Waals surface area contributed by atoms with Gasteiger partial charge < -0.3 is 9.80 Å². The van der Waals surface area contributed by atoms with Crippen LogP contribution < -0.4 is 0 Å². The number of carbonyl (C=O) groups is 2. The van der Waals surface area contributed by atoms with E-state index < -0.39 is 0 Å². The predicted octanol–water partition coefficient (Wildman–Crippen LogP) is 6.59. The molecule has 0 aliphatic rings. The molecule has 0 aromatic heterocycles. The van der Waals surface area contributed by atoms with Crippen molar-refractivity contribution < 1.29 is 9.59 Å². The Bertz CT molecular complexity index is 724. The van der Waals surface area contributed by atoms with E-state index in [1.54, 1.807) is 0 Å². The molecule has 0 N–H and O–H groups in total. The number of benzene rings is 2. The summed E-state index contributed by atoms with van der Waals surface area (Å²) in [7, 11) is 0. The van der Waals surface area contributed by atoms with Crippen molar-refractivity contribution in [1.82, 2.24) is 9.80 Å². The third kappa shape index (κ3) is 10.7. The molecule has 0 saturated carbocycles. The molecule has 0 aliphatic carbocycles. The fraction of sp³-hybridized carbons (Fsp3) is 0.517. The van der Waals surface area contributed by atoms with Crippen LogP contribution in [0.15, 0.2) is 60.7 Å². The van der Waals surface area contributed by atoms with Crippen LogP contribution in [0.5, 0.6) is 0 Å². The first-order valence-electron chi connectivity index (χ1n) is 12.8. The molecule has 33 heavy (non-hydrogen) atoms. The highest BCUT2D eigenvalue weighted by atomic mass is 16.2. The topological polar surface area (TPSA) is 40.6 Å². The largest absolute Gasteiger partial charge is 0.338 e. The van der Waals surface area contributed by atoms with Crippen LogP contribution in [0.2, 0.25) is 0 Å². The molecule has 2 amide bonds. The molecule has 0 unspecified atom stereocenters. The molecule has 0 atom stereocenters. The third-order valence-corrected chi connectivity index (χ3v) is 6.00. The Hall–Kier alpha value is -2.62. The van der Waals surface area contributed by atoms with Crippen molar-refractivity contribution in [3.63, 3.8) is 0 Å². The molecule has 0 spiro atoms. The van der Waals surface area contributed by atoms with E-state index in [0.717, 1.165) is 49.7 Å². The maximum atomic E-state index is 13.2. The van der Waals surface area contributed by atoms with E-state index in [1.807, 2.05) is 70.5 Å². The zero-order valence-corrected chi connectivity index (χ0v) is 20.7. The molecule has 180 valence electrons. The Labute approximate surface area is 201 Å². The van der Waals surface area contributed by atoms with E-state index in [0.29, 0.717) is 26.2 Å². The molecule has 0 aliphatic heterocycles. The normalized spacial score (nSPS) is 10.7. The summed E-state index contributed by atoms with van der Waals surface area (Å²) in [6.07, 6.45) is 8.80. The number of nitrogens with zero attached hydrogens (tertiary/aromatic N) is 2. The summed E-state index contributed by atoms with van der Waals surface area (Å²) in [6, 6.07) is 20.1. The molecule has 4 nitrogen and oxygen atoms in total. The van der Waals surface area contributed by atoms with Crippen LogP contribution in [-0.2, 0) is 22.7 Å². The fourth-order valence-electron chi connectivity index (χ4n) is 4.00. The van der Waals surface area contributed by atoms with Crippen LogP contribution in [0.4, 0.5) is 0 Å². The van der Waals surface area contributed by atoms with Gasteiger partial charge in [-0.15, -0.1) is 0 Å². The highest BCUT2D eigenvalue weighted by Crippen LogP contribution is 2.13. The molecule has 2 rings (SSSR count). The maximum absolute atomic E-state index is 13.2. The van der Waals surface area contributed by atoms with Crippen molar-refractivity contribution in [3.05, 3.63) is 71.8 Å². The first kappa shape index (κ1) is 26.6. The molecule has 4 heteroatoms. The van der Waals surface area contributed by atoms with Gasteiger partial charge in [0.05, 0.1) is 0 Å². The van der Waals surface area contributed by atoms with Gasteiger partial charge in [0, 0.05) is 26.2 Å². The number of hydrogen-bond acceptors (Lipinski definition) is 2. The molecule has 0 bridgehead atoms. The number of carbonyl (C=O) groups excluding carboxylic acids is 2. The van der Waals surface area contributed by atoms with Gasteiger partial charge in [-0.25, -0.2) is 0 Å². The summed E-state index contributed by atoms with van der Waals surface area (Å²) >= 11 is 0. The molecule has 2 aromatic rings. The maximum Gasteiger partial charge on any atom is 0.232 e. The van der Waals surface area contributed by atoms with Crippen molar-refractivity contribution in [3.8, 4) is 0 Å². The van der Waals surface area contributed by atoms with Crippen LogP contribution >= 0.6 is 0 Å². The lowest BCUT2D eigenvalue weighted by atomic mass is 10.1. The molecule has 0 fully saturated rings. The monoisotopic (exact) mass is 450 g/mol. The average Bonchev–Trinajstić information content (AvgIpc) is 2.84. The number of rotatable bonds is 16. The second kappa shape index (κ2) is 16.1. The van der Waals surface area contributed by atoms with Crippen LogP contribution in [0, 0.1) is 0 Å². The van der Waals surface area contributed by atoms with Gasteiger partial charge in [0.25, 0.3) is 0 Å². The molecule has 0 saturated heterocycles. The van der Waals surface area contributed by atoms with E-state index in [1.165, 1.54) is 12.8 Å². The summed E-state index contributed by atoms with van der Waals surface area (Å²) in [5.74, 6) is -0.126. The quantitative estimate of drug-likeness (QED) is 0.214. The van der Waals surface area contributed by atoms with Crippen LogP contribution in [0.3, 0.4) is 0 Å². The van der Waals surface area contributed by atoms with E-state index in [9.17, 15) is 9.59 Å². The zero-order valence-electron chi connectivity index (χ0n) is 20.7. The minimum atomic E-state index is -0.0630. The van der Waals surface area contributed by atoms with Crippen molar-refractivity contribution in [2.24, 2.45) is 0 Å². The summed E-state index contributed by atoms with van der Waals surface area (Å²) < 4.78 is 0. The fourth-order valence-corrected chi connectivity index (χ4v) is 4.00. The van der Waals surface area contributed by atoms with Crippen molar-refractivity contribution >= 4 is 11.8 Å². The lowest BCUT2D eigenvalue weighted by Crippen LogP contribution is -2.38. The number of unbranched alkanes of at least 4 members (excludes halogenated alkanes) is 6. The van der Waals surface area contributed by atoms with Crippen molar-refractivity contribution in [1.29, 1.82) is 0 Å². The zero-order chi connectivity index (χ0) is 23.7. The Balaban J connectivity index is 2.03. The Morgan fingerprint density at radius 3 is 1.33 bits per heavy atom. The molecular weight excluding hydrogens is 408 g/mol. The van der Waals surface area contributed by atoms with E-state index >= 15 is 0 Å². The second-order valence-corrected chi connectivity index (χ2v) is 8.90. The van der Waals surface area contributed by atoms with E-state index in [2.05, 4.69) is 13.8 Å². The highest BCUT2D eigenvalue weighted by molar-refractivity contribution is 5.96. The van der Waals surface area contributed by atoms with Gasteiger partial charge in [0.1, 0.15) is 6.42 Å². The highest BCUT2D eigenvalue weighted by Gasteiger charge is 2.22. The van der Waals surface area contributed by atoms with Crippen molar-refractivity contribution in [2.75, 3.05) is 13.1 Å². The predicted molar refractivity (Wildman–Crippen MR) is 137 cm³/mol. The molecular formula is C29H42N2O2. The standard InChI is InChI=1S/C29H42N2O2/c1-3-5-7-15-21-30(24-26-17-11-9-12-18-26)28(32)23-29(33)31(22-16-8-6-4-2)25-27-19-13-10-14-20-27/h9-14,17-20H,3-8,15-16,21-25H2,1-2H3. The number of amides is 2. The Morgan fingerprint density at radius 1 is 0.576 bits per heavy atom. The Kier molecular flexibility index (Phi) is 13.0. The van der Waals surface area contributed by atoms with Crippen molar-refractivity contribution in [2.45, 2.75) is 84.7 Å². The molecule has 2 aromatic carbocycles. The lowest BCUT2D eigenvalue weighted by molar-refractivity contribution is -0.141. The van der Waals surface area contributed by atoms with Gasteiger partial charge in [0.15, 0.2) is 0 Å². The summed E-state index contributed by atoms with van der Waals surface area (Å²) in [5, 5.41) is 0. The van der Waals surface area contributed by atoms with Gasteiger partial charge in [0.2, 0.25) is 11.8 Å². The van der Waals surface area contributed by atoms with Gasteiger partial charge in [-0.3, -0.25) is 9.59 Å². The number of hydrogen-bond donors (Lipinski definition) is 0. The van der Waals surface area contributed by atoms with E-state index in [4.69, 9.17) is 0 Å². The summed E-state index contributed by atoms with van der Waals surface area (Å²) in [6.45, 7) is 6.91. The second-order valence-electron chi connectivity index (χ2n) is 8.90. The van der Waals surface area contributed by atoms with Gasteiger partial charge in [-0.2, -0.15) is 0 Å². The smallest absolute Gasteiger partial charge is 0.232 e.